The summed E-state index contributed by atoms with van der Waals surface area (Å²) < 4.78 is 0. The Hall–Kier alpha value is -1.06. The van der Waals surface area contributed by atoms with Gasteiger partial charge >= 0.3 is 5.97 Å². The van der Waals surface area contributed by atoms with Crippen LogP contribution >= 0.6 is 0 Å². The third-order valence-corrected chi connectivity index (χ3v) is 3.91. The van der Waals surface area contributed by atoms with Crippen LogP contribution in [0.15, 0.2) is 5.16 Å². The van der Waals surface area contributed by atoms with Crippen LogP contribution in [0.25, 0.3) is 0 Å². The lowest BCUT2D eigenvalue weighted by atomic mass is 10.1. The topological polar surface area (TPSA) is 58.9 Å². The van der Waals surface area contributed by atoms with Crippen LogP contribution in [-0.4, -0.2) is 23.4 Å². The molecule has 90 valence electrons. The van der Waals surface area contributed by atoms with Crippen molar-refractivity contribution in [3.8, 4) is 0 Å². The second-order valence-corrected chi connectivity index (χ2v) is 5.57. The molecule has 0 aromatic carbocycles. The summed E-state index contributed by atoms with van der Waals surface area (Å²) in [7, 11) is 0. The number of aliphatic carboxylic acids is 1. The average molecular weight is 225 g/mol. The molecule has 0 aromatic rings. The Morgan fingerprint density at radius 1 is 1.56 bits per heavy atom. The Morgan fingerprint density at radius 2 is 2.19 bits per heavy atom. The van der Waals surface area contributed by atoms with Gasteiger partial charge in [0.2, 0.25) is 0 Å². The van der Waals surface area contributed by atoms with Crippen molar-refractivity contribution in [2.75, 3.05) is 0 Å². The van der Waals surface area contributed by atoms with Gasteiger partial charge in [0.05, 0.1) is 5.92 Å². The van der Waals surface area contributed by atoms with Crippen LogP contribution in [0.2, 0.25) is 0 Å². The summed E-state index contributed by atoms with van der Waals surface area (Å²) in [4.78, 5) is 16.2. The molecule has 0 amide bonds. The number of carboxylic acids is 1. The summed E-state index contributed by atoms with van der Waals surface area (Å²) in [5.74, 6) is -0.385. The van der Waals surface area contributed by atoms with Gasteiger partial charge in [-0.15, -0.1) is 0 Å². The van der Waals surface area contributed by atoms with Crippen molar-refractivity contribution < 1.29 is 14.7 Å². The molecule has 0 radical (unpaired) electrons. The molecule has 2 fully saturated rings. The first-order valence-corrected chi connectivity index (χ1v) is 5.86. The maximum absolute atomic E-state index is 10.9. The van der Waals surface area contributed by atoms with E-state index in [4.69, 9.17) is 9.94 Å². The fourth-order valence-electron chi connectivity index (χ4n) is 2.28. The summed E-state index contributed by atoms with van der Waals surface area (Å²) in [6, 6.07) is 0. The van der Waals surface area contributed by atoms with E-state index in [1.807, 2.05) is 20.8 Å². The van der Waals surface area contributed by atoms with Crippen molar-refractivity contribution in [2.45, 2.75) is 39.7 Å². The molecule has 0 bridgehead atoms. The number of nitrogens with zero attached hydrogens (tertiary/aromatic N) is 1. The normalized spacial score (nSPS) is 33.7. The van der Waals surface area contributed by atoms with Gasteiger partial charge in [-0.3, -0.25) is 4.79 Å². The minimum Gasteiger partial charge on any atom is -0.481 e. The Bertz CT molecular complexity index is 320. The summed E-state index contributed by atoms with van der Waals surface area (Å²) in [5.41, 5.74) is -0.179. The summed E-state index contributed by atoms with van der Waals surface area (Å²) in [6.45, 7) is 5.92. The Balaban J connectivity index is 1.81. The van der Waals surface area contributed by atoms with Crippen LogP contribution in [0.1, 0.15) is 33.6 Å². The molecule has 2 aliphatic carbocycles. The number of hydrogen-bond acceptors (Lipinski definition) is 3. The van der Waals surface area contributed by atoms with E-state index in [1.165, 1.54) is 12.8 Å². The Labute approximate surface area is 95.7 Å². The average Bonchev–Trinajstić information content (AvgIpc) is 3.02. The van der Waals surface area contributed by atoms with Gasteiger partial charge < -0.3 is 9.94 Å². The van der Waals surface area contributed by atoms with E-state index >= 15 is 0 Å². The molecule has 0 heterocycles. The van der Waals surface area contributed by atoms with Crippen molar-refractivity contribution >= 4 is 12.2 Å². The van der Waals surface area contributed by atoms with Crippen LogP contribution in [0.5, 0.6) is 0 Å². The maximum Gasteiger partial charge on any atom is 0.307 e. The first-order chi connectivity index (χ1) is 7.44. The van der Waals surface area contributed by atoms with Gasteiger partial charge in [0.15, 0.2) is 0 Å². The quantitative estimate of drug-likeness (QED) is 0.576. The van der Waals surface area contributed by atoms with Gasteiger partial charge in [-0.1, -0.05) is 19.0 Å². The van der Waals surface area contributed by atoms with Crippen molar-refractivity contribution in [3.63, 3.8) is 0 Å². The van der Waals surface area contributed by atoms with Gasteiger partial charge in [-0.2, -0.15) is 0 Å². The van der Waals surface area contributed by atoms with Crippen molar-refractivity contribution in [3.05, 3.63) is 0 Å². The molecule has 0 saturated heterocycles. The molecule has 4 heteroatoms. The zero-order valence-electron chi connectivity index (χ0n) is 10.0. The van der Waals surface area contributed by atoms with E-state index in [1.54, 1.807) is 6.21 Å². The van der Waals surface area contributed by atoms with Crippen LogP contribution in [0, 0.1) is 23.2 Å². The van der Waals surface area contributed by atoms with E-state index in [0.29, 0.717) is 5.92 Å². The molecule has 2 aliphatic rings. The highest BCUT2D eigenvalue weighted by Gasteiger charge is 2.61. The predicted molar refractivity (Wildman–Crippen MR) is 60.2 cm³/mol. The van der Waals surface area contributed by atoms with Crippen LogP contribution in [0.4, 0.5) is 0 Å². The lowest BCUT2D eigenvalue weighted by molar-refractivity contribution is -0.139. The molecule has 3 atom stereocenters. The number of rotatable bonds is 5. The van der Waals surface area contributed by atoms with Gasteiger partial charge in [0.1, 0.15) is 6.10 Å². The molecule has 0 aromatic heterocycles. The SMILES string of the molecule is CC(ON=C[C@@H]1[C@@H](C(=O)O)C1(C)C)C1CC1. The van der Waals surface area contributed by atoms with Gasteiger partial charge in [0, 0.05) is 12.1 Å². The molecule has 0 spiro atoms. The summed E-state index contributed by atoms with van der Waals surface area (Å²) >= 11 is 0. The molecule has 1 unspecified atom stereocenters. The molecule has 0 aliphatic heterocycles. The molecule has 4 nitrogen and oxygen atoms in total. The third-order valence-electron chi connectivity index (χ3n) is 3.91. The van der Waals surface area contributed by atoms with Crippen LogP contribution < -0.4 is 0 Å². The minimum absolute atomic E-state index is 0.0106. The number of hydrogen-bond donors (Lipinski definition) is 1. The molecule has 16 heavy (non-hydrogen) atoms. The second kappa shape index (κ2) is 3.75. The molecule has 2 saturated carbocycles. The maximum atomic E-state index is 10.9. The highest BCUT2D eigenvalue weighted by atomic mass is 16.6. The monoisotopic (exact) mass is 225 g/mol. The number of oxime groups is 1. The lowest BCUT2D eigenvalue weighted by Crippen LogP contribution is -2.06. The zero-order chi connectivity index (χ0) is 11.9. The first kappa shape index (κ1) is 11.4. The zero-order valence-corrected chi connectivity index (χ0v) is 10.0. The van der Waals surface area contributed by atoms with Crippen LogP contribution in [-0.2, 0) is 9.63 Å². The van der Waals surface area contributed by atoms with E-state index in [0.717, 1.165) is 0 Å². The molecular formula is C12H19NO3. The van der Waals surface area contributed by atoms with E-state index in [9.17, 15) is 4.79 Å². The first-order valence-electron chi connectivity index (χ1n) is 5.86. The highest BCUT2D eigenvalue weighted by molar-refractivity contribution is 5.84. The van der Waals surface area contributed by atoms with E-state index < -0.39 is 5.97 Å². The summed E-state index contributed by atoms with van der Waals surface area (Å²) in [5, 5.41) is 12.9. The number of carbonyl (C=O) groups is 1. The molecule has 2 rings (SSSR count). The van der Waals surface area contributed by atoms with Gasteiger partial charge in [-0.25, -0.2) is 0 Å². The van der Waals surface area contributed by atoms with Crippen molar-refractivity contribution in [1.82, 2.24) is 0 Å². The lowest BCUT2D eigenvalue weighted by Gasteiger charge is -2.06. The standard InChI is InChI=1S/C12H19NO3/c1-7(8-4-5-8)16-13-6-9-10(11(14)15)12(9,2)3/h6-10H,4-5H2,1-3H3,(H,14,15)/t7?,9-,10+/m1/s1. The fraction of sp³-hybridized carbons (Fsp3) is 0.833. The summed E-state index contributed by atoms with van der Waals surface area (Å²) in [6.07, 6.45) is 4.28. The number of carboxylic acid groups (broad SMARTS) is 1. The van der Waals surface area contributed by atoms with Gasteiger partial charge in [-0.05, 0) is 31.1 Å². The largest absolute Gasteiger partial charge is 0.481 e. The third kappa shape index (κ3) is 2.06. The second-order valence-electron chi connectivity index (χ2n) is 5.57. The smallest absolute Gasteiger partial charge is 0.307 e. The minimum atomic E-state index is -0.739. The van der Waals surface area contributed by atoms with Crippen molar-refractivity contribution in [1.29, 1.82) is 0 Å². The predicted octanol–water partition coefficient (Wildman–Crippen LogP) is 2.14. The van der Waals surface area contributed by atoms with Crippen molar-refractivity contribution in [2.24, 2.45) is 28.3 Å². The Kier molecular flexibility index (Phi) is 2.68. The van der Waals surface area contributed by atoms with E-state index in [-0.39, 0.29) is 23.4 Å². The molecular weight excluding hydrogens is 206 g/mol. The van der Waals surface area contributed by atoms with Crippen LogP contribution in [0.3, 0.4) is 0 Å². The highest BCUT2D eigenvalue weighted by Crippen LogP contribution is 2.57. The fourth-order valence-corrected chi connectivity index (χ4v) is 2.28. The molecule has 1 N–H and O–H groups in total. The van der Waals surface area contributed by atoms with Gasteiger partial charge in [0.25, 0.3) is 0 Å². The van der Waals surface area contributed by atoms with E-state index in [2.05, 4.69) is 5.16 Å². The Morgan fingerprint density at radius 3 is 2.62 bits per heavy atom.